The zero-order chi connectivity index (χ0) is 10.6. The molecule has 0 aromatic carbocycles. The molecule has 0 amide bonds. The topological polar surface area (TPSA) is 68.6 Å². The van der Waals surface area contributed by atoms with Gasteiger partial charge in [-0.3, -0.25) is 4.99 Å². The molecular formula is C8H12N2O2S2. The lowest BCUT2D eigenvalue weighted by molar-refractivity contribution is 0.264. The summed E-state index contributed by atoms with van der Waals surface area (Å²) in [5, 5.41) is 18.2. The quantitative estimate of drug-likeness (QED) is 0.546. The van der Waals surface area contributed by atoms with Crippen molar-refractivity contribution in [2.75, 3.05) is 6.61 Å². The minimum Gasteiger partial charge on any atom is -0.494 e. The van der Waals surface area contributed by atoms with Gasteiger partial charge in [0.15, 0.2) is 3.95 Å². The molecule has 0 bridgehead atoms. The Morgan fingerprint density at radius 1 is 1.71 bits per heavy atom. The van der Waals surface area contributed by atoms with E-state index in [1.165, 1.54) is 17.6 Å². The van der Waals surface area contributed by atoms with Crippen LogP contribution < -0.4 is 0 Å². The van der Waals surface area contributed by atoms with Crippen molar-refractivity contribution in [3.63, 3.8) is 0 Å². The fraction of sp³-hybridized carbons (Fsp3) is 0.500. The molecule has 0 aliphatic heterocycles. The van der Waals surface area contributed by atoms with E-state index in [1.807, 2.05) is 6.92 Å². The molecule has 0 fully saturated rings. The van der Waals surface area contributed by atoms with Crippen molar-refractivity contribution < 1.29 is 10.2 Å². The molecule has 1 aromatic rings. The molecule has 0 aliphatic rings. The summed E-state index contributed by atoms with van der Waals surface area (Å²) in [4.78, 5) is 7.32. The van der Waals surface area contributed by atoms with Crippen LogP contribution in [0.1, 0.15) is 18.2 Å². The number of H-pyrrole nitrogens is 1. The lowest BCUT2D eigenvalue weighted by Gasteiger charge is -2.02. The Morgan fingerprint density at radius 2 is 2.43 bits per heavy atom. The maximum Gasteiger partial charge on any atom is 0.209 e. The van der Waals surface area contributed by atoms with E-state index in [1.54, 1.807) is 0 Å². The Bertz CT molecular complexity index is 366. The Kier molecular flexibility index (Phi) is 4.24. The van der Waals surface area contributed by atoms with Crippen LogP contribution in [-0.2, 0) is 0 Å². The average molecular weight is 232 g/mol. The third kappa shape index (κ3) is 2.90. The summed E-state index contributed by atoms with van der Waals surface area (Å²) in [7, 11) is 0. The number of hydrogen-bond donors (Lipinski definition) is 3. The van der Waals surface area contributed by atoms with E-state index < -0.39 is 0 Å². The van der Waals surface area contributed by atoms with E-state index in [0.29, 0.717) is 8.83 Å². The molecule has 0 saturated carbocycles. The first-order valence-electron chi connectivity index (χ1n) is 4.23. The smallest absolute Gasteiger partial charge is 0.209 e. The van der Waals surface area contributed by atoms with Gasteiger partial charge in [0.2, 0.25) is 5.88 Å². The normalized spacial score (nSPS) is 13.6. The van der Waals surface area contributed by atoms with E-state index in [4.69, 9.17) is 17.3 Å². The number of aliphatic hydroxyl groups is 1. The molecule has 1 rings (SSSR count). The molecule has 0 saturated heterocycles. The minimum absolute atomic E-state index is 0.0174. The molecular weight excluding hydrogens is 220 g/mol. The monoisotopic (exact) mass is 232 g/mol. The van der Waals surface area contributed by atoms with Gasteiger partial charge in [0, 0.05) is 6.21 Å². The van der Waals surface area contributed by atoms with Crippen LogP contribution >= 0.6 is 23.6 Å². The summed E-state index contributed by atoms with van der Waals surface area (Å²) >= 11 is 6.10. The van der Waals surface area contributed by atoms with Gasteiger partial charge in [-0.25, -0.2) is 0 Å². The van der Waals surface area contributed by atoms with Crippen LogP contribution in [0.25, 0.3) is 0 Å². The maximum absolute atomic E-state index is 9.32. The molecule has 0 radical (unpaired) electrons. The number of aromatic amines is 1. The van der Waals surface area contributed by atoms with Crippen LogP contribution in [0.5, 0.6) is 5.88 Å². The van der Waals surface area contributed by atoms with Gasteiger partial charge in [-0.15, -0.1) is 0 Å². The second kappa shape index (κ2) is 5.23. The second-order valence-electron chi connectivity index (χ2n) is 2.75. The minimum atomic E-state index is -0.106. The highest BCUT2D eigenvalue weighted by atomic mass is 32.1. The van der Waals surface area contributed by atoms with Crippen molar-refractivity contribution in [2.45, 2.75) is 19.4 Å². The molecule has 78 valence electrons. The standard InChI is InChI=1S/C8H12N2O2S2/c1-2-5(4-11)9-3-6-7(12)10-8(13)14-6/h3,5,11-12H,2,4H2,1H3,(H,10,13)/t5-/m0/s1. The van der Waals surface area contributed by atoms with Crippen LogP contribution in [-0.4, -0.2) is 34.1 Å². The summed E-state index contributed by atoms with van der Waals surface area (Å²) in [5.74, 6) is 0.0385. The van der Waals surface area contributed by atoms with Gasteiger partial charge < -0.3 is 15.2 Å². The first-order chi connectivity index (χ1) is 6.67. The number of aromatic hydroxyl groups is 1. The van der Waals surface area contributed by atoms with Crippen molar-refractivity contribution in [3.05, 3.63) is 8.83 Å². The van der Waals surface area contributed by atoms with Gasteiger partial charge in [-0.1, -0.05) is 18.3 Å². The first-order valence-corrected chi connectivity index (χ1v) is 5.46. The fourth-order valence-corrected chi connectivity index (χ4v) is 1.85. The summed E-state index contributed by atoms with van der Waals surface area (Å²) in [5.41, 5.74) is 0. The van der Waals surface area contributed by atoms with Crippen LogP contribution in [0, 0.1) is 3.95 Å². The summed E-state index contributed by atoms with van der Waals surface area (Å²) < 4.78 is 0.515. The Hall–Kier alpha value is -0.720. The predicted octanol–water partition coefficient (Wildman–Crippen LogP) is 1.70. The van der Waals surface area contributed by atoms with Crippen molar-refractivity contribution in [1.29, 1.82) is 0 Å². The highest BCUT2D eigenvalue weighted by Crippen LogP contribution is 2.18. The lowest BCUT2D eigenvalue weighted by atomic mass is 10.2. The number of aromatic nitrogens is 1. The number of rotatable bonds is 4. The van der Waals surface area contributed by atoms with Crippen molar-refractivity contribution in [1.82, 2.24) is 4.98 Å². The molecule has 3 N–H and O–H groups in total. The lowest BCUT2D eigenvalue weighted by Crippen LogP contribution is -2.08. The first kappa shape index (κ1) is 11.4. The van der Waals surface area contributed by atoms with Gasteiger partial charge in [0.1, 0.15) is 4.88 Å². The van der Waals surface area contributed by atoms with Crippen LogP contribution in [0.2, 0.25) is 0 Å². The highest BCUT2D eigenvalue weighted by molar-refractivity contribution is 7.73. The Labute approximate surface area is 91.0 Å². The molecule has 1 aromatic heterocycles. The summed E-state index contributed by atoms with van der Waals surface area (Å²) in [6.45, 7) is 1.96. The summed E-state index contributed by atoms with van der Waals surface area (Å²) in [6, 6.07) is -0.106. The summed E-state index contributed by atoms with van der Waals surface area (Å²) in [6.07, 6.45) is 2.31. The third-order valence-electron chi connectivity index (χ3n) is 1.74. The second-order valence-corrected chi connectivity index (χ2v) is 4.47. The number of hydrogen-bond acceptors (Lipinski definition) is 5. The Balaban J connectivity index is 2.77. The number of thiazole rings is 1. The molecule has 4 nitrogen and oxygen atoms in total. The fourth-order valence-electron chi connectivity index (χ4n) is 0.874. The number of aliphatic hydroxyl groups excluding tert-OH is 1. The largest absolute Gasteiger partial charge is 0.494 e. The van der Waals surface area contributed by atoms with Gasteiger partial charge in [-0.05, 0) is 18.6 Å². The van der Waals surface area contributed by atoms with Crippen molar-refractivity contribution in [2.24, 2.45) is 4.99 Å². The van der Waals surface area contributed by atoms with Crippen molar-refractivity contribution >= 4 is 29.8 Å². The van der Waals surface area contributed by atoms with Gasteiger partial charge in [-0.2, -0.15) is 0 Å². The SMILES string of the molecule is CC[C@@H](CO)N=Cc1sc(=S)[nH]c1O. The zero-order valence-corrected chi connectivity index (χ0v) is 9.36. The van der Waals surface area contributed by atoms with E-state index in [0.717, 1.165) is 6.42 Å². The van der Waals surface area contributed by atoms with E-state index in [9.17, 15) is 5.11 Å². The van der Waals surface area contributed by atoms with Gasteiger partial charge in [0.25, 0.3) is 0 Å². The molecule has 1 atom stereocenters. The molecule has 0 spiro atoms. The number of aliphatic imine (C=N–C) groups is 1. The Morgan fingerprint density at radius 3 is 2.86 bits per heavy atom. The highest BCUT2D eigenvalue weighted by Gasteiger charge is 2.03. The zero-order valence-electron chi connectivity index (χ0n) is 7.73. The van der Waals surface area contributed by atoms with E-state index >= 15 is 0 Å². The number of nitrogens with one attached hydrogen (secondary N) is 1. The van der Waals surface area contributed by atoms with Crippen LogP contribution in [0.4, 0.5) is 0 Å². The molecule has 0 unspecified atom stereocenters. The van der Waals surface area contributed by atoms with E-state index in [-0.39, 0.29) is 18.5 Å². The van der Waals surface area contributed by atoms with Crippen LogP contribution in [0.15, 0.2) is 4.99 Å². The number of nitrogens with zero attached hydrogens (tertiary/aromatic N) is 1. The molecule has 0 aliphatic carbocycles. The predicted molar refractivity (Wildman–Crippen MR) is 59.9 cm³/mol. The van der Waals surface area contributed by atoms with E-state index in [2.05, 4.69) is 9.98 Å². The molecule has 6 heteroatoms. The maximum atomic E-state index is 9.32. The van der Waals surface area contributed by atoms with Crippen molar-refractivity contribution in [3.8, 4) is 5.88 Å². The average Bonchev–Trinajstić information content (AvgIpc) is 2.47. The van der Waals surface area contributed by atoms with Crippen LogP contribution in [0.3, 0.4) is 0 Å². The molecule has 1 heterocycles. The van der Waals surface area contributed by atoms with Gasteiger partial charge >= 0.3 is 0 Å². The molecule has 14 heavy (non-hydrogen) atoms. The van der Waals surface area contributed by atoms with Gasteiger partial charge in [0.05, 0.1) is 12.6 Å². The third-order valence-corrected chi connectivity index (χ3v) is 2.90.